The zero-order valence-corrected chi connectivity index (χ0v) is 15.9. The Labute approximate surface area is 163 Å². The van der Waals surface area contributed by atoms with Gasteiger partial charge in [-0.2, -0.15) is 0 Å². The second kappa shape index (κ2) is 7.44. The molecule has 2 N–H and O–H groups in total. The molecule has 2 unspecified atom stereocenters. The van der Waals surface area contributed by atoms with E-state index in [1.807, 2.05) is 6.07 Å². The summed E-state index contributed by atoms with van der Waals surface area (Å²) in [7, 11) is 0. The van der Waals surface area contributed by atoms with E-state index in [1.54, 1.807) is 12.1 Å². The quantitative estimate of drug-likeness (QED) is 0.707. The summed E-state index contributed by atoms with van der Waals surface area (Å²) in [4.78, 5) is 52.4. The van der Waals surface area contributed by atoms with Gasteiger partial charge in [-0.25, -0.2) is 0 Å². The van der Waals surface area contributed by atoms with Gasteiger partial charge in [0.15, 0.2) is 0 Å². The zero-order chi connectivity index (χ0) is 19.8. The zero-order valence-electron chi connectivity index (χ0n) is 15.9. The lowest BCUT2D eigenvalue weighted by Gasteiger charge is -2.27. The molecule has 0 bridgehead atoms. The van der Waals surface area contributed by atoms with Crippen LogP contribution in [0.5, 0.6) is 0 Å². The molecule has 0 radical (unpaired) electrons. The van der Waals surface area contributed by atoms with Crippen molar-refractivity contribution in [2.45, 2.75) is 44.8 Å². The molecule has 2 saturated heterocycles. The molecule has 2 atom stereocenters. The van der Waals surface area contributed by atoms with Crippen molar-refractivity contribution < 1.29 is 19.2 Å². The molecule has 8 nitrogen and oxygen atoms in total. The van der Waals surface area contributed by atoms with Crippen molar-refractivity contribution in [3.05, 3.63) is 34.9 Å². The lowest BCUT2D eigenvalue weighted by Crippen LogP contribution is -2.54. The third kappa shape index (κ3) is 3.33. The largest absolute Gasteiger partial charge is 0.313 e. The highest BCUT2D eigenvalue weighted by Gasteiger charge is 2.44. The van der Waals surface area contributed by atoms with Crippen LogP contribution in [0, 0.1) is 0 Å². The molecule has 8 heteroatoms. The van der Waals surface area contributed by atoms with E-state index < -0.39 is 23.8 Å². The Morgan fingerprint density at radius 1 is 1.11 bits per heavy atom. The van der Waals surface area contributed by atoms with Gasteiger partial charge in [0, 0.05) is 32.1 Å². The number of nitrogens with one attached hydrogen (secondary N) is 2. The van der Waals surface area contributed by atoms with E-state index in [4.69, 9.17) is 0 Å². The van der Waals surface area contributed by atoms with Gasteiger partial charge in [0.05, 0.1) is 11.1 Å². The molecule has 1 aromatic carbocycles. The highest BCUT2D eigenvalue weighted by atomic mass is 16.2. The SMILES string of the molecule is CCNC1CCN(Cc2ccc3c(c2)C(=O)N(C2CCC(=O)NC2=O)C3=O)C1. The monoisotopic (exact) mass is 384 g/mol. The number of likely N-dealkylation sites (tertiary alicyclic amines) is 1. The van der Waals surface area contributed by atoms with E-state index in [0.29, 0.717) is 17.2 Å². The van der Waals surface area contributed by atoms with Crippen LogP contribution in [0.3, 0.4) is 0 Å². The fourth-order valence-electron chi connectivity index (χ4n) is 4.31. The fraction of sp³-hybridized carbons (Fsp3) is 0.500. The molecule has 3 aliphatic heterocycles. The summed E-state index contributed by atoms with van der Waals surface area (Å²) in [6.07, 6.45) is 1.39. The smallest absolute Gasteiger partial charge is 0.262 e. The number of likely N-dealkylation sites (N-methyl/N-ethyl adjacent to an activating group) is 1. The first-order valence-electron chi connectivity index (χ1n) is 9.78. The maximum atomic E-state index is 12.9. The van der Waals surface area contributed by atoms with E-state index >= 15 is 0 Å². The summed E-state index contributed by atoms with van der Waals surface area (Å²) >= 11 is 0. The van der Waals surface area contributed by atoms with E-state index in [-0.39, 0.29) is 18.7 Å². The number of hydrogen-bond donors (Lipinski definition) is 2. The highest BCUT2D eigenvalue weighted by Crippen LogP contribution is 2.29. The van der Waals surface area contributed by atoms with Crippen LogP contribution in [-0.4, -0.2) is 65.1 Å². The summed E-state index contributed by atoms with van der Waals surface area (Å²) in [5.74, 6) is -1.88. The van der Waals surface area contributed by atoms with Gasteiger partial charge < -0.3 is 5.32 Å². The van der Waals surface area contributed by atoms with Crippen LogP contribution in [0.2, 0.25) is 0 Å². The van der Waals surface area contributed by atoms with Crippen molar-refractivity contribution in [2.75, 3.05) is 19.6 Å². The number of amides is 4. The van der Waals surface area contributed by atoms with Crippen LogP contribution in [0.25, 0.3) is 0 Å². The molecule has 2 fully saturated rings. The molecule has 3 aliphatic rings. The Hall–Kier alpha value is -2.58. The van der Waals surface area contributed by atoms with Gasteiger partial charge in [0.25, 0.3) is 11.8 Å². The van der Waals surface area contributed by atoms with Crippen LogP contribution in [-0.2, 0) is 16.1 Å². The first-order valence-corrected chi connectivity index (χ1v) is 9.78. The number of rotatable bonds is 5. The predicted octanol–water partition coefficient (Wildman–Crippen LogP) is 0.272. The number of nitrogens with zero attached hydrogens (tertiary/aromatic N) is 2. The van der Waals surface area contributed by atoms with Crippen LogP contribution in [0.4, 0.5) is 0 Å². The maximum absolute atomic E-state index is 12.9. The van der Waals surface area contributed by atoms with Gasteiger partial charge in [-0.3, -0.25) is 34.3 Å². The molecule has 0 aliphatic carbocycles. The molecule has 0 spiro atoms. The predicted molar refractivity (Wildman–Crippen MR) is 100 cm³/mol. The Morgan fingerprint density at radius 3 is 2.64 bits per heavy atom. The van der Waals surface area contributed by atoms with E-state index in [0.717, 1.165) is 43.1 Å². The van der Waals surface area contributed by atoms with Crippen molar-refractivity contribution in [1.82, 2.24) is 20.4 Å². The molecule has 1 aromatic rings. The minimum atomic E-state index is -0.923. The maximum Gasteiger partial charge on any atom is 0.262 e. The molecular weight excluding hydrogens is 360 g/mol. The first kappa shape index (κ1) is 18.8. The van der Waals surface area contributed by atoms with E-state index in [1.165, 1.54) is 0 Å². The Morgan fingerprint density at radius 2 is 1.89 bits per heavy atom. The Kier molecular flexibility index (Phi) is 4.99. The summed E-state index contributed by atoms with van der Waals surface area (Å²) in [6, 6.07) is 4.88. The van der Waals surface area contributed by atoms with Crippen LogP contribution >= 0.6 is 0 Å². The molecule has 148 valence electrons. The molecular formula is C20H24N4O4. The minimum Gasteiger partial charge on any atom is -0.313 e. The molecule has 0 saturated carbocycles. The van der Waals surface area contributed by atoms with E-state index in [9.17, 15) is 19.2 Å². The molecule has 3 heterocycles. The molecule has 0 aromatic heterocycles. The topological polar surface area (TPSA) is 98.8 Å². The summed E-state index contributed by atoms with van der Waals surface area (Å²) in [6.45, 7) is 5.71. The van der Waals surface area contributed by atoms with Gasteiger partial charge in [-0.1, -0.05) is 13.0 Å². The van der Waals surface area contributed by atoms with Gasteiger partial charge in [-0.15, -0.1) is 0 Å². The lowest BCUT2D eigenvalue weighted by molar-refractivity contribution is -0.136. The third-order valence-corrected chi connectivity index (χ3v) is 5.68. The summed E-state index contributed by atoms with van der Waals surface area (Å²) in [5.41, 5.74) is 1.64. The molecule has 28 heavy (non-hydrogen) atoms. The van der Waals surface area contributed by atoms with Crippen LogP contribution < -0.4 is 10.6 Å². The van der Waals surface area contributed by atoms with Crippen molar-refractivity contribution in [3.63, 3.8) is 0 Å². The summed E-state index contributed by atoms with van der Waals surface area (Å²) < 4.78 is 0. The summed E-state index contributed by atoms with van der Waals surface area (Å²) in [5, 5.41) is 5.67. The Bertz CT molecular complexity index is 853. The number of imide groups is 2. The average molecular weight is 384 g/mol. The Balaban J connectivity index is 1.50. The molecule has 4 rings (SSSR count). The minimum absolute atomic E-state index is 0.122. The van der Waals surface area contributed by atoms with Gasteiger partial charge >= 0.3 is 0 Å². The number of carbonyl (C=O) groups excluding carboxylic acids is 4. The van der Waals surface area contributed by atoms with Crippen molar-refractivity contribution in [2.24, 2.45) is 0 Å². The van der Waals surface area contributed by atoms with Gasteiger partial charge in [0.1, 0.15) is 6.04 Å². The number of carbonyl (C=O) groups is 4. The third-order valence-electron chi connectivity index (χ3n) is 5.68. The first-order chi connectivity index (χ1) is 13.5. The van der Waals surface area contributed by atoms with Crippen molar-refractivity contribution >= 4 is 23.6 Å². The molecule has 4 amide bonds. The number of benzene rings is 1. The normalized spacial score (nSPS) is 25.4. The second-order valence-corrected chi connectivity index (χ2v) is 7.61. The van der Waals surface area contributed by atoms with Gasteiger partial charge in [-0.05, 0) is 37.1 Å². The van der Waals surface area contributed by atoms with Crippen LogP contribution in [0.15, 0.2) is 18.2 Å². The van der Waals surface area contributed by atoms with Crippen molar-refractivity contribution in [1.29, 1.82) is 0 Å². The highest BCUT2D eigenvalue weighted by molar-refractivity contribution is 6.23. The number of fused-ring (bicyclic) bond motifs is 1. The van der Waals surface area contributed by atoms with Crippen LogP contribution in [0.1, 0.15) is 52.5 Å². The van der Waals surface area contributed by atoms with E-state index in [2.05, 4.69) is 22.5 Å². The van der Waals surface area contributed by atoms with Gasteiger partial charge in [0.2, 0.25) is 11.8 Å². The van der Waals surface area contributed by atoms with Crippen molar-refractivity contribution in [3.8, 4) is 0 Å². The average Bonchev–Trinajstić information content (AvgIpc) is 3.19. The standard InChI is InChI=1S/C20H24N4O4/c1-2-21-13-7-8-23(11-13)10-12-3-4-14-15(9-12)20(28)24(19(14)27)16-5-6-17(25)22-18(16)26/h3-4,9,13,16,21H,2,5-8,10-11H2,1H3,(H,22,25,26). The second-order valence-electron chi connectivity index (χ2n) is 7.61. The number of hydrogen-bond acceptors (Lipinski definition) is 6. The fourth-order valence-corrected chi connectivity index (χ4v) is 4.31. The number of piperidine rings is 1. The lowest BCUT2D eigenvalue weighted by atomic mass is 10.0.